The van der Waals surface area contributed by atoms with E-state index in [1.165, 1.54) is 19.3 Å². The molecule has 120 valence electrons. The van der Waals surface area contributed by atoms with Crippen molar-refractivity contribution in [3.63, 3.8) is 0 Å². The van der Waals surface area contributed by atoms with Crippen molar-refractivity contribution in [2.45, 2.75) is 78.2 Å². The van der Waals surface area contributed by atoms with Crippen molar-refractivity contribution in [3.05, 3.63) is 0 Å². The van der Waals surface area contributed by atoms with Crippen LogP contribution in [0.4, 0.5) is 0 Å². The first-order chi connectivity index (χ1) is 9.78. The van der Waals surface area contributed by atoms with Crippen LogP contribution in [0.2, 0.25) is 0 Å². The third kappa shape index (κ3) is 2.85. The van der Waals surface area contributed by atoms with Gasteiger partial charge in [0.15, 0.2) is 0 Å². The summed E-state index contributed by atoms with van der Waals surface area (Å²) in [5.41, 5.74) is 0.744. The number of halogens is 1. The fraction of sp³-hybridized carbons (Fsp3) is 0.944. The highest BCUT2D eigenvalue weighted by Crippen LogP contribution is 2.69. The van der Waals surface area contributed by atoms with E-state index in [2.05, 4.69) is 26.1 Å². The maximum atomic E-state index is 13.0. The number of nitrogens with one attached hydrogen (secondary N) is 1. The molecular formula is C18H30ClNO. The molecule has 4 aliphatic carbocycles. The maximum absolute atomic E-state index is 13.0. The number of carbonyl (C=O) groups is 1. The van der Waals surface area contributed by atoms with Crippen molar-refractivity contribution in [1.82, 2.24) is 5.32 Å². The number of rotatable bonds is 5. The molecule has 3 heteroatoms. The predicted octanol–water partition coefficient (Wildman–Crippen LogP) is 4.51. The quantitative estimate of drug-likeness (QED) is 0.744. The molecule has 1 N–H and O–H groups in total. The van der Waals surface area contributed by atoms with Crippen LogP contribution in [0.1, 0.15) is 72.1 Å². The second-order valence-corrected chi connectivity index (χ2v) is 9.49. The minimum Gasteiger partial charge on any atom is -0.353 e. The van der Waals surface area contributed by atoms with Gasteiger partial charge in [0.05, 0.1) is 5.41 Å². The summed E-state index contributed by atoms with van der Waals surface area (Å²) in [4.78, 5) is 13.0. The van der Waals surface area contributed by atoms with Gasteiger partial charge in [-0.2, -0.15) is 0 Å². The molecule has 2 nitrogen and oxygen atoms in total. The van der Waals surface area contributed by atoms with Gasteiger partial charge in [0.25, 0.3) is 0 Å². The lowest BCUT2D eigenvalue weighted by Crippen LogP contribution is -2.60. The van der Waals surface area contributed by atoms with Gasteiger partial charge in [0, 0.05) is 11.9 Å². The highest BCUT2D eigenvalue weighted by molar-refractivity contribution is 6.17. The summed E-state index contributed by atoms with van der Waals surface area (Å²) in [6.07, 6.45) is 9.34. The fourth-order valence-corrected chi connectivity index (χ4v) is 6.69. The molecule has 4 aliphatic rings. The Hall–Kier alpha value is -0.240. The average molecular weight is 312 g/mol. The summed E-state index contributed by atoms with van der Waals surface area (Å²) in [6.45, 7) is 6.97. The zero-order valence-electron chi connectivity index (χ0n) is 13.8. The number of amides is 1. The van der Waals surface area contributed by atoms with Crippen LogP contribution in [0.3, 0.4) is 0 Å². The Morgan fingerprint density at radius 2 is 1.81 bits per heavy atom. The molecule has 3 atom stereocenters. The van der Waals surface area contributed by atoms with Crippen LogP contribution in [-0.4, -0.2) is 17.8 Å². The zero-order chi connectivity index (χ0) is 15.3. The van der Waals surface area contributed by atoms with E-state index >= 15 is 0 Å². The van der Waals surface area contributed by atoms with E-state index in [0.717, 1.165) is 38.0 Å². The molecule has 4 fully saturated rings. The molecule has 0 aliphatic heterocycles. The summed E-state index contributed by atoms with van der Waals surface area (Å²) in [6, 6.07) is 0.255. The van der Waals surface area contributed by atoms with Crippen LogP contribution >= 0.6 is 11.6 Å². The Morgan fingerprint density at radius 3 is 2.33 bits per heavy atom. The summed E-state index contributed by atoms with van der Waals surface area (Å²) in [5.74, 6) is 1.80. The van der Waals surface area contributed by atoms with Crippen LogP contribution in [0.25, 0.3) is 0 Å². The first-order valence-electron chi connectivity index (χ1n) is 8.65. The van der Waals surface area contributed by atoms with E-state index < -0.39 is 0 Å². The van der Waals surface area contributed by atoms with Gasteiger partial charge in [-0.15, -0.1) is 11.6 Å². The van der Waals surface area contributed by atoms with Crippen LogP contribution in [-0.2, 0) is 4.79 Å². The molecular weight excluding hydrogens is 282 g/mol. The van der Waals surface area contributed by atoms with Crippen LogP contribution in [0.15, 0.2) is 0 Å². The first-order valence-corrected chi connectivity index (χ1v) is 9.19. The lowest BCUT2D eigenvalue weighted by atomic mass is 9.40. The topological polar surface area (TPSA) is 29.1 Å². The van der Waals surface area contributed by atoms with Gasteiger partial charge in [-0.1, -0.05) is 13.8 Å². The largest absolute Gasteiger partial charge is 0.353 e. The Labute approximate surface area is 134 Å². The number of hydrogen-bond acceptors (Lipinski definition) is 1. The van der Waals surface area contributed by atoms with Crippen molar-refractivity contribution >= 4 is 17.5 Å². The second-order valence-electron chi connectivity index (χ2n) is 9.12. The lowest BCUT2D eigenvalue weighted by Gasteiger charge is -2.64. The molecule has 0 spiro atoms. The van der Waals surface area contributed by atoms with Gasteiger partial charge in [-0.3, -0.25) is 4.79 Å². The van der Waals surface area contributed by atoms with Crippen LogP contribution in [0.5, 0.6) is 0 Å². The first kappa shape index (κ1) is 15.6. The minimum absolute atomic E-state index is 0.0713. The van der Waals surface area contributed by atoms with E-state index in [4.69, 9.17) is 11.6 Å². The second kappa shape index (κ2) is 5.15. The molecule has 4 bridgehead atoms. The Bertz CT molecular complexity index is 417. The number of hydrogen-bond donors (Lipinski definition) is 1. The van der Waals surface area contributed by atoms with E-state index in [1.807, 2.05) is 0 Å². The van der Waals surface area contributed by atoms with Gasteiger partial charge in [0.1, 0.15) is 0 Å². The summed E-state index contributed by atoms with van der Waals surface area (Å²) < 4.78 is 0. The molecule has 0 radical (unpaired) electrons. The van der Waals surface area contributed by atoms with Crippen LogP contribution in [0, 0.1) is 22.2 Å². The van der Waals surface area contributed by atoms with Crippen molar-refractivity contribution in [2.75, 3.05) is 5.88 Å². The number of carbonyl (C=O) groups excluding carboxylic acids is 1. The molecule has 0 aromatic heterocycles. The van der Waals surface area contributed by atoms with E-state index in [9.17, 15) is 4.79 Å². The molecule has 21 heavy (non-hydrogen) atoms. The summed E-state index contributed by atoms with van der Waals surface area (Å²) in [7, 11) is 0. The van der Waals surface area contributed by atoms with Crippen LogP contribution < -0.4 is 5.32 Å². The van der Waals surface area contributed by atoms with Gasteiger partial charge < -0.3 is 5.32 Å². The van der Waals surface area contributed by atoms with Gasteiger partial charge >= 0.3 is 0 Å². The third-order valence-corrected chi connectivity index (χ3v) is 6.52. The Morgan fingerprint density at radius 1 is 1.19 bits per heavy atom. The maximum Gasteiger partial charge on any atom is 0.226 e. The smallest absolute Gasteiger partial charge is 0.226 e. The normalized spacial score (nSPS) is 45.6. The highest BCUT2D eigenvalue weighted by Gasteiger charge is 2.62. The van der Waals surface area contributed by atoms with Gasteiger partial charge in [-0.25, -0.2) is 0 Å². The minimum atomic E-state index is -0.0713. The standard InChI is InChI=1S/C18H30ClNO/c1-13(5-4-6-19)20-15(21)18-9-14-7-16(2,11-18)10-17(3,8-14)12-18/h13-14H,4-12H2,1-3H3,(H,20,21). The van der Waals surface area contributed by atoms with Crippen molar-refractivity contribution < 1.29 is 4.79 Å². The Kier molecular flexibility index (Phi) is 3.83. The molecule has 0 aromatic rings. The zero-order valence-corrected chi connectivity index (χ0v) is 14.6. The molecule has 4 rings (SSSR count). The van der Waals surface area contributed by atoms with E-state index in [-0.39, 0.29) is 11.5 Å². The lowest BCUT2D eigenvalue weighted by molar-refractivity contribution is -0.170. The van der Waals surface area contributed by atoms with E-state index in [0.29, 0.717) is 22.6 Å². The van der Waals surface area contributed by atoms with Crippen molar-refractivity contribution in [3.8, 4) is 0 Å². The molecule has 0 heterocycles. The monoisotopic (exact) mass is 311 g/mol. The number of alkyl halides is 1. The molecule has 0 saturated heterocycles. The highest BCUT2D eigenvalue weighted by atomic mass is 35.5. The third-order valence-electron chi connectivity index (χ3n) is 6.26. The molecule has 4 saturated carbocycles. The molecule has 3 unspecified atom stereocenters. The van der Waals surface area contributed by atoms with E-state index in [1.54, 1.807) is 0 Å². The predicted molar refractivity (Wildman–Crippen MR) is 87.4 cm³/mol. The van der Waals surface area contributed by atoms with Gasteiger partial charge in [0.2, 0.25) is 5.91 Å². The summed E-state index contributed by atoms with van der Waals surface area (Å²) >= 11 is 5.76. The SMILES string of the molecule is CC(CCCCl)NC(=O)C12CC3CC(C)(CC(C)(C3)C1)C2. The fourth-order valence-electron chi connectivity index (χ4n) is 6.53. The van der Waals surface area contributed by atoms with Crippen molar-refractivity contribution in [1.29, 1.82) is 0 Å². The molecule has 1 amide bonds. The summed E-state index contributed by atoms with van der Waals surface area (Å²) in [5, 5.41) is 3.31. The van der Waals surface area contributed by atoms with Gasteiger partial charge in [-0.05, 0) is 75.0 Å². The molecule has 0 aromatic carbocycles. The Balaban J connectivity index is 1.73. The van der Waals surface area contributed by atoms with Crippen molar-refractivity contribution in [2.24, 2.45) is 22.2 Å². The average Bonchev–Trinajstić information content (AvgIpc) is 2.31.